The summed E-state index contributed by atoms with van der Waals surface area (Å²) >= 11 is 0. The molecule has 22 heavy (non-hydrogen) atoms. The molecule has 0 radical (unpaired) electrons. The summed E-state index contributed by atoms with van der Waals surface area (Å²) in [5.74, 6) is 2.19. The van der Waals surface area contributed by atoms with E-state index in [0.29, 0.717) is 5.75 Å². The molecule has 1 heteroatoms. The van der Waals surface area contributed by atoms with Crippen LogP contribution in [0.5, 0.6) is 5.75 Å². The Balaban J connectivity index is 1.60. The van der Waals surface area contributed by atoms with E-state index < -0.39 is 0 Å². The van der Waals surface area contributed by atoms with E-state index in [0.717, 1.165) is 24.7 Å². The van der Waals surface area contributed by atoms with Crippen LogP contribution in [0, 0.1) is 11.8 Å². The normalized spacial score (nSPS) is 22.2. The van der Waals surface area contributed by atoms with Crippen molar-refractivity contribution in [3.8, 4) is 5.75 Å². The summed E-state index contributed by atoms with van der Waals surface area (Å²) in [6.07, 6.45) is 18.4. The summed E-state index contributed by atoms with van der Waals surface area (Å²) in [5.41, 5.74) is 1.31. The molecule has 0 spiro atoms. The monoisotopic (exact) mass is 300 g/mol. The van der Waals surface area contributed by atoms with E-state index in [4.69, 9.17) is 0 Å². The first-order valence-electron chi connectivity index (χ1n) is 9.22. The van der Waals surface area contributed by atoms with Crippen molar-refractivity contribution in [3.63, 3.8) is 0 Å². The lowest BCUT2D eigenvalue weighted by atomic mass is 9.79. The zero-order valence-electron chi connectivity index (χ0n) is 14.1. The first-order valence-corrected chi connectivity index (χ1v) is 9.22. The Morgan fingerprint density at radius 3 is 2.45 bits per heavy atom. The third kappa shape index (κ3) is 6.25. The Morgan fingerprint density at radius 1 is 1.05 bits per heavy atom. The van der Waals surface area contributed by atoms with Crippen molar-refractivity contribution in [2.75, 3.05) is 0 Å². The van der Waals surface area contributed by atoms with Gasteiger partial charge in [0.1, 0.15) is 5.75 Å². The van der Waals surface area contributed by atoms with Crippen LogP contribution in [0.1, 0.15) is 70.3 Å². The average molecular weight is 300 g/mol. The minimum absolute atomic E-state index is 0.356. The number of benzene rings is 1. The highest BCUT2D eigenvalue weighted by atomic mass is 16.3. The highest BCUT2D eigenvalue weighted by molar-refractivity contribution is 5.26. The van der Waals surface area contributed by atoms with Crippen molar-refractivity contribution < 1.29 is 5.11 Å². The molecule has 1 aliphatic carbocycles. The van der Waals surface area contributed by atoms with E-state index in [1.165, 1.54) is 56.9 Å². The van der Waals surface area contributed by atoms with Gasteiger partial charge in [0, 0.05) is 0 Å². The number of unbranched alkanes of at least 4 members (excludes halogenated alkanes) is 2. The zero-order valence-corrected chi connectivity index (χ0v) is 14.1. The van der Waals surface area contributed by atoms with Gasteiger partial charge in [0.05, 0.1) is 0 Å². The summed E-state index contributed by atoms with van der Waals surface area (Å²) in [5, 5.41) is 9.27. The first kappa shape index (κ1) is 17.1. The van der Waals surface area contributed by atoms with Gasteiger partial charge in [0.2, 0.25) is 0 Å². The van der Waals surface area contributed by atoms with E-state index in [-0.39, 0.29) is 0 Å². The fourth-order valence-electron chi connectivity index (χ4n) is 3.55. The molecule has 1 fully saturated rings. The molecule has 1 N–H and O–H groups in total. The molecule has 0 aromatic heterocycles. The lowest BCUT2D eigenvalue weighted by Crippen LogP contribution is -2.13. The van der Waals surface area contributed by atoms with E-state index in [1.807, 2.05) is 12.1 Å². The molecule has 1 nitrogen and oxygen atoms in total. The molecule has 1 aromatic carbocycles. The fourth-order valence-corrected chi connectivity index (χ4v) is 3.55. The van der Waals surface area contributed by atoms with Crippen LogP contribution < -0.4 is 0 Å². The second-order valence-corrected chi connectivity index (χ2v) is 6.91. The van der Waals surface area contributed by atoms with Crippen LogP contribution in [0.3, 0.4) is 0 Å². The maximum Gasteiger partial charge on any atom is 0.115 e. The van der Waals surface area contributed by atoms with Crippen molar-refractivity contribution in [1.82, 2.24) is 0 Å². The Bertz CT molecular complexity index is 424. The van der Waals surface area contributed by atoms with Gasteiger partial charge < -0.3 is 5.11 Å². The average Bonchev–Trinajstić information content (AvgIpc) is 2.55. The van der Waals surface area contributed by atoms with Gasteiger partial charge in [-0.3, -0.25) is 0 Å². The highest BCUT2D eigenvalue weighted by Gasteiger charge is 2.18. The number of rotatable bonds is 8. The molecule has 2 rings (SSSR count). The van der Waals surface area contributed by atoms with Crippen LogP contribution >= 0.6 is 0 Å². The van der Waals surface area contributed by atoms with Gasteiger partial charge in [-0.25, -0.2) is 0 Å². The molecule has 0 bridgehead atoms. The van der Waals surface area contributed by atoms with Crippen LogP contribution in [0.15, 0.2) is 36.4 Å². The van der Waals surface area contributed by atoms with E-state index in [9.17, 15) is 5.11 Å². The summed E-state index contributed by atoms with van der Waals surface area (Å²) in [7, 11) is 0. The summed E-state index contributed by atoms with van der Waals surface area (Å²) < 4.78 is 0. The van der Waals surface area contributed by atoms with Crippen LogP contribution in [0.25, 0.3) is 0 Å². The van der Waals surface area contributed by atoms with Gasteiger partial charge in [-0.05, 0) is 68.1 Å². The number of hydrogen-bond donors (Lipinski definition) is 1. The molecular formula is C21H32O. The lowest BCUT2D eigenvalue weighted by Gasteiger charge is -2.26. The molecular weight excluding hydrogens is 268 g/mol. The molecule has 0 amide bonds. The fraction of sp³-hybridized carbons (Fsp3) is 0.619. The number of hydrogen-bond acceptors (Lipinski definition) is 1. The number of aromatic hydroxyl groups is 1. The number of allylic oxidation sites excluding steroid dienone is 2. The van der Waals surface area contributed by atoms with Gasteiger partial charge in [-0.1, -0.05) is 56.9 Å². The SMILES string of the molecule is CCCCCC1CCC(/C=C/CCc2ccc(O)cc2)CC1. The quantitative estimate of drug-likeness (QED) is 0.443. The minimum Gasteiger partial charge on any atom is -0.508 e. The van der Waals surface area contributed by atoms with Crippen molar-refractivity contribution in [3.05, 3.63) is 42.0 Å². The van der Waals surface area contributed by atoms with Gasteiger partial charge in [0.15, 0.2) is 0 Å². The largest absolute Gasteiger partial charge is 0.508 e. The number of phenols is 1. The van der Waals surface area contributed by atoms with E-state index in [2.05, 4.69) is 19.1 Å². The van der Waals surface area contributed by atoms with Crippen molar-refractivity contribution in [2.24, 2.45) is 11.8 Å². The van der Waals surface area contributed by atoms with Gasteiger partial charge in [0.25, 0.3) is 0 Å². The molecule has 0 aliphatic heterocycles. The Hall–Kier alpha value is -1.24. The van der Waals surface area contributed by atoms with Crippen LogP contribution in [-0.2, 0) is 6.42 Å². The molecule has 0 atom stereocenters. The Labute approximate surface area is 136 Å². The van der Waals surface area contributed by atoms with E-state index in [1.54, 1.807) is 12.1 Å². The van der Waals surface area contributed by atoms with Crippen LogP contribution in [0.4, 0.5) is 0 Å². The zero-order chi connectivity index (χ0) is 15.6. The maximum absolute atomic E-state index is 9.27. The summed E-state index contributed by atoms with van der Waals surface area (Å²) in [6.45, 7) is 2.29. The molecule has 122 valence electrons. The third-order valence-corrected chi connectivity index (χ3v) is 5.05. The smallest absolute Gasteiger partial charge is 0.115 e. The van der Waals surface area contributed by atoms with Gasteiger partial charge in [-0.15, -0.1) is 0 Å². The molecule has 0 saturated heterocycles. The summed E-state index contributed by atoms with van der Waals surface area (Å²) in [4.78, 5) is 0. The summed E-state index contributed by atoms with van der Waals surface area (Å²) in [6, 6.07) is 7.59. The topological polar surface area (TPSA) is 20.2 Å². The van der Waals surface area contributed by atoms with Crippen molar-refractivity contribution in [1.29, 1.82) is 0 Å². The standard InChI is InChI=1S/C21H32O/c1-2-3-4-7-18-10-12-19(13-11-18)8-5-6-9-20-14-16-21(22)17-15-20/h5,8,14-19,22H,2-4,6-7,9-13H2,1H3/b8-5+. The maximum atomic E-state index is 9.27. The van der Waals surface area contributed by atoms with E-state index >= 15 is 0 Å². The molecule has 0 heterocycles. The Morgan fingerprint density at radius 2 is 1.77 bits per heavy atom. The Kier molecular flexibility index (Phi) is 7.56. The van der Waals surface area contributed by atoms with Crippen molar-refractivity contribution >= 4 is 0 Å². The van der Waals surface area contributed by atoms with Crippen LogP contribution in [0.2, 0.25) is 0 Å². The first-order chi connectivity index (χ1) is 10.8. The lowest BCUT2D eigenvalue weighted by molar-refractivity contribution is 0.289. The van der Waals surface area contributed by atoms with Crippen LogP contribution in [-0.4, -0.2) is 5.11 Å². The predicted molar refractivity (Wildman–Crippen MR) is 95.2 cm³/mol. The highest BCUT2D eigenvalue weighted by Crippen LogP contribution is 2.32. The molecule has 1 aromatic rings. The second-order valence-electron chi connectivity index (χ2n) is 6.91. The number of aryl methyl sites for hydroxylation is 1. The number of phenolic OH excluding ortho intramolecular Hbond substituents is 1. The molecule has 0 unspecified atom stereocenters. The predicted octanol–water partition coefficient (Wildman–Crippen LogP) is 6.27. The molecule has 1 aliphatic rings. The van der Waals surface area contributed by atoms with Crippen molar-refractivity contribution in [2.45, 2.75) is 71.1 Å². The minimum atomic E-state index is 0.356. The second kappa shape index (κ2) is 9.71. The molecule has 1 saturated carbocycles. The van der Waals surface area contributed by atoms with Gasteiger partial charge in [-0.2, -0.15) is 0 Å². The van der Waals surface area contributed by atoms with Gasteiger partial charge >= 0.3 is 0 Å². The third-order valence-electron chi connectivity index (χ3n) is 5.05.